The second-order valence-electron chi connectivity index (χ2n) is 5.59. The number of nitrogens with zero attached hydrogens (tertiary/aromatic N) is 1. The molecule has 108 valence electrons. The average molecular weight is 316 g/mol. The molecular formula is C13H15Cl2N3O2. The Morgan fingerprint density at radius 1 is 1.30 bits per heavy atom. The van der Waals surface area contributed by atoms with Gasteiger partial charge in [-0.25, -0.2) is 0 Å². The van der Waals surface area contributed by atoms with E-state index in [0.717, 1.165) is 19.4 Å². The van der Waals surface area contributed by atoms with Crippen molar-refractivity contribution in [2.45, 2.75) is 19.3 Å². The standard InChI is InChI=1S/C13H15Cl2N3O2/c14-8-5-9(17-11(8)15)12(20)18-3-1-13(2-4-18)6-10(19)16-7-13/h5,17H,1-4,6-7H2,(H,16,19). The van der Waals surface area contributed by atoms with Gasteiger partial charge in [-0.1, -0.05) is 23.2 Å². The highest BCUT2D eigenvalue weighted by Crippen LogP contribution is 2.37. The molecule has 1 aromatic heterocycles. The molecule has 0 aliphatic carbocycles. The number of likely N-dealkylation sites (tertiary alicyclic amines) is 1. The SMILES string of the molecule is O=C1CC2(CCN(C(=O)c3cc(Cl)c(Cl)[nH]3)CC2)CN1. The Morgan fingerprint density at radius 3 is 2.50 bits per heavy atom. The molecule has 2 N–H and O–H groups in total. The smallest absolute Gasteiger partial charge is 0.270 e. The minimum Gasteiger partial charge on any atom is -0.356 e. The minimum atomic E-state index is -0.0917. The normalized spacial score (nSPS) is 21.3. The van der Waals surface area contributed by atoms with Crippen molar-refractivity contribution in [1.29, 1.82) is 0 Å². The van der Waals surface area contributed by atoms with Crippen LogP contribution in [0.25, 0.3) is 0 Å². The quantitative estimate of drug-likeness (QED) is 0.833. The van der Waals surface area contributed by atoms with Gasteiger partial charge >= 0.3 is 0 Å². The number of amides is 2. The number of piperidine rings is 1. The summed E-state index contributed by atoms with van der Waals surface area (Å²) in [5.74, 6) is 0.0265. The molecular weight excluding hydrogens is 301 g/mol. The van der Waals surface area contributed by atoms with Gasteiger partial charge in [0, 0.05) is 26.1 Å². The van der Waals surface area contributed by atoms with Crippen LogP contribution in [0.1, 0.15) is 29.8 Å². The molecule has 3 rings (SSSR count). The van der Waals surface area contributed by atoms with Crippen molar-refractivity contribution in [3.63, 3.8) is 0 Å². The van der Waals surface area contributed by atoms with Crippen molar-refractivity contribution >= 4 is 35.0 Å². The maximum atomic E-state index is 12.3. The summed E-state index contributed by atoms with van der Waals surface area (Å²) in [6.45, 7) is 2.04. The van der Waals surface area contributed by atoms with E-state index >= 15 is 0 Å². The van der Waals surface area contributed by atoms with Gasteiger partial charge in [-0.2, -0.15) is 0 Å². The molecule has 3 heterocycles. The lowest BCUT2D eigenvalue weighted by Gasteiger charge is -2.38. The zero-order chi connectivity index (χ0) is 14.3. The monoisotopic (exact) mass is 315 g/mol. The second kappa shape index (κ2) is 4.97. The van der Waals surface area contributed by atoms with E-state index in [1.807, 2.05) is 0 Å². The molecule has 2 fully saturated rings. The van der Waals surface area contributed by atoms with Crippen molar-refractivity contribution in [1.82, 2.24) is 15.2 Å². The Morgan fingerprint density at radius 2 is 2.00 bits per heavy atom. The van der Waals surface area contributed by atoms with Crippen LogP contribution in [0.2, 0.25) is 10.2 Å². The van der Waals surface area contributed by atoms with E-state index in [9.17, 15) is 9.59 Å². The number of aromatic nitrogens is 1. The molecule has 1 spiro atoms. The van der Waals surface area contributed by atoms with Crippen molar-refractivity contribution in [2.75, 3.05) is 19.6 Å². The lowest BCUT2D eigenvalue weighted by atomic mass is 9.77. The molecule has 2 amide bonds. The first kappa shape index (κ1) is 13.8. The molecule has 0 unspecified atom stereocenters. The molecule has 0 saturated carbocycles. The molecule has 7 heteroatoms. The summed E-state index contributed by atoms with van der Waals surface area (Å²) in [5.41, 5.74) is 0.454. The van der Waals surface area contributed by atoms with Gasteiger partial charge in [0.15, 0.2) is 0 Å². The van der Waals surface area contributed by atoms with Gasteiger partial charge in [0.05, 0.1) is 5.02 Å². The summed E-state index contributed by atoms with van der Waals surface area (Å²) in [6, 6.07) is 1.55. The Hall–Kier alpha value is -1.20. The second-order valence-corrected chi connectivity index (χ2v) is 6.38. The third kappa shape index (κ3) is 2.40. The third-order valence-corrected chi connectivity index (χ3v) is 4.96. The number of carbonyl (C=O) groups is 2. The maximum Gasteiger partial charge on any atom is 0.270 e. The predicted molar refractivity (Wildman–Crippen MR) is 76.0 cm³/mol. The Bertz CT molecular complexity index is 542. The molecule has 0 aromatic carbocycles. The largest absolute Gasteiger partial charge is 0.356 e. The third-order valence-electron chi connectivity index (χ3n) is 4.26. The van der Waals surface area contributed by atoms with Crippen LogP contribution in [0.3, 0.4) is 0 Å². The number of halogens is 2. The van der Waals surface area contributed by atoms with Gasteiger partial charge in [-0.3, -0.25) is 9.59 Å². The molecule has 20 heavy (non-hydrogen) atoms. The fraction of sp³-hybridized carbons (Fsp3) is 0.538. The van der Waals surface area contributed by atoms with Gasteiger partial charge in [0.2, 0.25) is 5.91 Å². The molecule has 0 bridgehead atoms. The average Bonchev–Trinajstić information content (AvgIpc) is 2.94. The number of hydrogen-bond donors (Lipinski definition) is 2. The summed E-state index contributed by atoms with van der Waals surface area (Å²) in [6.07, 6.45) is 2.27. The van der Waals surface area contributed by atoms with E-state index in [0.29, 0.717) is 30.2 Å². The van der Waals surface area contributed by atoms with Crippen molar-refractivity contribution < 1.29 is 9.59 Å². The van der Waals surface area contributed by atoms with Crippen LogP contribution in [0.4, 0.5) is 0 Å². The van der Waals surface area contributed by atoms with E-state index in [2.05, 4.69) is 10.3 Å². The summed E-state index contributed by atoms with van der Waals surface area (Å²) < 4.78 is 0. The minimum absolute atomic E-state index is 0.0406. The van der Waals surface area contributed by atoms with Crippen LogP contribution < -0.4 is 5.32 Å². The molecule has 2 aliphatic heterocycles. The lowest BCUT2D eigenvalue weighted by molar-refractivity contribution is -0.119. The fourth-order valence-electron chi connectivity index (χ4n) is 2.98. The van der Waals surface area contributed by atoms with Gasteiger partial charge in [0.1, 0.15) is 10.8 Å². The molecule has 1 aromatic rings. The first-order chi connectivity index (χ1) is 9.49. The van der Waals surface area contributed by atoms with Gasteiger partial charge in [0.25, 0.3) is 5.91 Å². The van der Waals surface area contributed by atoms with Crippen molar-refractivity contribution in [3.8, 4) is 0 Å². The number of carbonyl (C=O) groups excluding carboxylic acids is 2. The zero-order valence-corrected chi connectivity index (χ0v) is 12.4. The van der Waals surface area contributed by atoms with Gasteiger partial charge in [-0.05, 0) is 24.3 Å². The topological polar surface area (TPSA) is 65.2 Å². The number of H-pyrrole nitrogens is 1. The molecule has 2 aliphatic rings. The van der Waals surface area contributed by atoms with E-state index in [4.69, 9.17) is 23.2 Å². The van der Waals surface area contributed by atoms with Crippen molar-refractivity contribution in [2.24, 2.45) is 5.41 Å². The van der Waals surface area contributed by atoms with Gasteiger partial charge < -0.3 is 15.2 Å². The molecule has 2 saturated heterocycles. The Labute approximate surface area is 126 Å². The predicted octanol–water partition coefficient (Wildman–Crippen LogP) is 2.06. The molecule has 0 radical (unpaired) electrons. The van der Waals surface area contributed by atoms with Crippen LogP contribution >= 0.6 is 23.2 Å². The van der Waals surface area contributed by atoms with Crippen molar-refractivity contribution in [3.05, 3.63) is 21.9 Å². The lowest BCUT2D eigenvalue weighted by Crippen LogP contribution is -2.44. The van der Waals surface area contributed by atoms with Crippen LogP contribution in [-0.2, 0) is 4.79 Å². The number of rotatable bonds is 1. The fourth-order valence-corrected chi connectivity index (χ4v) is 3.29. The highest BCUT2D eigenvalue weighted by atomic mass is 35.5. The summed E-state index contributed by atoms with van der Waals surface area (Å²) in [5, 5.41) is 3.52. The number of nitrogens with one attached hydrogen (secondary N) is 2. The van der Waals surface area contributed by atoms with E-state index < -0.39 is 0 Å². The van der Waals surface area contributed by atoms with Crippen LogP contribution in [0.5, 0.6) is 0 Å². The van der Waals surface area contributed by atoms with E-state index in [1.165, 1.54) is 0 Å². The van der Waals surface area contributed by atoms with E-state index in [-0.39, 0.29) is 22.4 Å². The maximum absolute atomic E-state index is 12.3. The molecule has 5 nitrogen and oxygen atoms in total. The van der Waals surface area contributed by atoms with E-state index in [1.54, 1.807) is 11.0 Å². The first-order valence-corrected chi connectivity index (χ1v) is 7.35. The molecule has 0 atom stereocenters. The summed E-state index contributed by atoms with van der Waals surface area (Å²) in [7, 11) is 0. The highest BCUT2D eigenvalue weighted by Gasteiger charge is 2.41. The summed E-state index contributed by atoms with van der Waals surface area (Å²) >= 11 is 11.7. The summed E-state index contributed by atoms with van der Waals surface area (Å²) in [4.78, 5) is 28.3. The number of aromatic amines is 1. The first-order valence-electron chi connectivity index (χ1n) is 6.59. The number of hydrogen-bond acceptors (Lipinski definition) is 2. The van der Waals surface area contributed by atoms with Crippen LogP contribution in [0, 0.1) is 5.41 Å². The Kier molecular flexibility index (Phi) is 3.42. The van der Waals surface area contributed by atoms with Crippen LogP contribution in [-0.4, -0.2) is 41.3 Å². The highest BCUT2D eigenvalue weighted by molar-refractivity contribution is 6.41. The van der Waals surface area contributed by atoms with Crippen LogP contribution in [0.15, 0.2) is 6.07 Å². The Balaban J connectivity index is 1.66. The zero-order valence-electron chi connectivity index (χ0n) is 10.8. The van der Waals surface area contributed by atoms with Gasteiger partial charge in [-0.15, -0.1) is 0 Å².